The maximum Gasteiger partial charge on any atom is 0.255 e. The second-order valence-electron chi connectivity index (χ2n) is 5.03. The number of primary amides is 1. The van der Waals surface area contributed by atoms with Crippen LogP contribution in [0.2, 0.25) is 0 Å². The largest absolute Gasteiger partial charge is 0.369 e. The molecule has 0 aliphatic heterocycles. The molecule has 0 spiro atoms. The number of halogens is 1. The molecule has 0 aromatic heterocycles. The van der Waals surface area contributed by atoms with Gasteiger partial charge in [-0.15, -0.1) is 0 Å². The predicted molar refractivity (Wildman–Crippen MR) is 90.9 cm³/mol. The number of rotatable bonds is 6. The highest BCUT2D eigenvalue weighted by Gasteiger charge is 2.10. The van der Waals surface area contributed by atoms with Crippen LogP contribution in [0.1, 0.15) is 21.5 Å². The standard InChI is InChI=1S/C17H17FN2O2S/c1-23-10-13-9-12(4-7-15(13)18)17(22)20-14-5-2-11(3-6-14)8-16(19)21/h2-7,9H,8,10H2,1H3,(H2,19,21)(H,20,22). The van der Waals surface area contributed by atoms with Crippen molar-refractivity contribution in [2.24, 2.45) is 5.73 Å². The molecule has 0 aliphatic rings. The first-order valence-corrected chi connectivity index (χ1v) is 8.35. The lowest BCUT2D eigenvalue weighted by Crippen LogP contribution is -2.14. The fourth-order valence-electron chi connectivity index (χ4n) is 2.09. The van der Waals surface area contributed by atoms with Crippen LogP contribution in [0.15, 0.2) is 42.5 Å². The average Bonchev–Trinajstić information content (AvgIpc) is 2.51. The Kier molecular flexibility index (Phi) is 5.76. The van der Waals surface area contributed by atoms with Crippen LogP contribution in [0.3, 0.4) is 0 Å². The highest BCUT2D eigenvalue weighted by molar-refractivity contribution is 7.97. The van der Waals surface area contributed by atoms with Crippen molar-refractivity contribution in [3.05, 3.63) is 65.0 Å². The Bertz CT molecular complexity index is 717. The molecule has 120 valence electrons. The van der Waals surface area contributed by atoms with E-state index in [2.05, 4.69) is 5.32 Å². The summed E-state index contributed by atoms with van der Waals surface area (Å²) < 4.78 is 13.6. The number of hydrogen-bond donors (Lipinski definition) is 2. The summed E-state index contributed by atoms with van der Waals surface area (Å²) in [5.41, 5.74) is 7.40. The van der Waals surface area contributed by atoms with Gasteiger partial charge in [-0.25, -0.2) is 4.39 Å². The monoisotopic (exact) mass is 332 g/mol. The van der Waals surface area contributed by atoms with Gasteiger partial charge in [-0.2, -0.15) is 11.8 Å². The Balaban J connectivity index is 2.09. The zero-order valence-electron chi connectivity index (χ0n) is 12.6. The molecule has 23 heavy (non-hydrogen) atoms. The van der Waals surface area contributed by atoms with Crippen molar-refractivity contribution in [2.45, 2.75) is 12.2 Å². The van der Waals surface area contributed by atoms with Crippen molar-refractivity contribution in [3.63, 3.8) is 0 Å². The SMILES string of the molecule is CSCc1cc(C(=O)Nc2ccc(CC(N)=O)cc2)ccc1F. The van der Waals surface area contributed by atoms with E-state index in [1.807, 2.05) is 6.26 Å². The van der Waals surface area contributed by atoms with Crippen molar-refractivity contribution in [1.29, 1.82) is 0 Å². The molecule has 2 aromatic rings. The highest BCUT2D eigenvalue weighted by atomic mass is 32.2. The molecular weight excluding hydrogens is 315 g/mol. The predicted octanol–water partition coefficient (Wildman–Crippen LogP) is 2.97. The highest BCUT2D eigenvalue weighted by Crippen LogP contribution is 2.17. The minimum Gasteiger partial charge on any atom is -0.369 e. The summed E-state index contributed by atoms with van der Waals surface area (Å²) in [7, 11) is 0. The summed E-state index contributed by atoms with van der Waals surface area (Å²) in [4.78, 5) is 23.1. The lowest BCUT2D eigenvalue weighted by molar-refractivity contribution is -0.117. The Morgan fingerprint density at radius 3 is 2.48 bits per heavy atom. The Morgan fingerprint density at radius 1 is 1.17 bits per heavy atom. The molecule has 4 nitrogen and oxygen atoms in total. The Hall–Kier alpha value is -2.34. The first-order valence-electron chi connectivity index (χ1n) is 6.95. The van der Waals surface area contributed by atoms with Gasteiger partial charge in [-0.3, -0.25) is 9.59 Å². The minimum absolute atomic E-state index is 0.157. The fraction of sp³-hybridized carbons (Fsp3) is 0.176. The van der Waals surface area contributed by atoms with E-state index in [0.717, 1.165) is 5.56 Å². The molecule has 0 saturated heterocycles. The summed E-state index contributed by atoms with van der Waals surface area (Å²) in [6.07, 6.45) is 2.03. The summed E-state index contributed by atoms with van der Waals surface area (Å²) in [6, 6.07) is 11.2. The van der Waals surface area contributed by atoms with Crippen molar-refractivity contribution >= 4 is 29.3 Å². The molecule has 0 aliphatic carbocycles. The van der Waals surface area contributed by atoms with Crippen molar-refractivity contribution in [3.8, 4) is 0 Å². The molecule has 2 rings (SSSR count). The quantitative estimate of drug-likeness (QED) is 0.854. The van der Waals surface area contributed by atoms with E-state index in [-0.39, 0.29) is 18.1 Å². The first kappa shape index (κ1) is 17.0. The number of carbonyl (C=O) groups excluding carboxylic acids is 2. The molecular formula is C17H17FN2O2S. The van der Waals surface area contributed by atoms with E-state index in [1.165, 1.54) is 23.9 Å². The van der Waals surface area contributed by atoms with Crippen molar-refractivity contribution in [1.82, 2.24) is 0 Å². The number of amides is 2. The molecule has 0 saturated carbocycles. The molecule has 0 atom stereocenters. The lowest BCUT2D eigenvalue weighted by Gasteiger charge is -2.08. The van der Waals surface area contributed by atoms with Gasteiger partial charge in [-0.1, -0.05) is 12.1 Å². The summed E-state index contributed by atoms with van der Waals surface area (Å²) in [5, 5.41) is 2.74. The van der Waals surface area contributed by atoms with E-state index in [1.54, 1.807) is 30.3 Å². The van der Waals surface area contributed by atoms with Crippen LogP contribution < -0.4 is 11.1 Å². The molecule has 6 heteroatoms. The van der Waals surface area contributed by atoms with Crippen molar-refractivity contribution in [2.75, 3.05) is 11.6 Å². The third-order valence-corrected chi connectivity index (χ3v) is 3.80. The number of thioether (sulfide) groups is 1. The van der Waals surface area contributed by atoms with Crippen LogP contribution in [0, 0.1) is 5.82 Å². The molecule has 0 radical (unpaired) electrons. The molecule has 2 amide bonds. The topological polar surface area (TPSA) is 72.2 Å². The Labute approximate surface area is 138 Å². The van der Waals surface area contributed by atoms with Crippen LogP contribution in [-0.4, -0.2) is 18.1 Å². The van der Waals surface area contributed by atoms with E-state index in [4.69, 9.17) is 5.73 Å². The van der Waals surface area contributed by atoms with Crippen LogP contribution in [0.25, 0.3) is 0 Å². The van der Waals surface area contributed by atoms with Gasteiger partial charge >= 0.3 is 0 Å². The lowest BCUT2D eigenvalue weighted by atomic mass is 10.1. The third kappa shape index (κ3) is 4.82. The van der Waals surface area contributed by atoms with E-state index in [0.29, 0.717) is 22.6 Å². The number of nitrogens with one attached hydrogen (secondary N) is 1. The van der Waals surface area contributed by atoms with Crippen LogP contribution in [0.4, 0.5) is 10.1 Å². The van der Waals surface area contributed by atoms with Gasteiger partial charge in [0.2, 0.25) is 5.91 Å². The molecule has 2 aromatic carbocycles. The number of benzene rings is 2. The van der Waals surface area contributed by atoms with Crippen molar-refractivity contribution < 1.29 is 14.0 Å². The second kappa shape index (κ2) is 7.78. The maximum atomic E-state index is 13.6. The minimum atomic E-state index is -0.408. The second-order valence-corrected chi connectivity index (χ2v) is 5.90. The van der Waals surface area contributed by atoms with E-state index in [9.17, 15) is 14.0 Å². The number of anilines is 1. The van der Waals surface area contributed by atoms with Gasteiger partial charge in [0.15, 0.2) is 0 Å². The summed E-state index contributed by atoms with van der Waals surface area (Å²) in [6.45, 7) is 0. The fourth-order valence-corrected chi connectivity index (χ4v) is 2.62. The van der Waals surface area contributed by atoms with Crippen LogP contribution in [-0.2, 0) is 17.0 Å². The number of nitrogens with two attached hydrogens (primary N) is 1. The van der Waals surface area contributed by atoms with Gasteiger partial charge in [-0.05, 0) is 47.7 Å². The van der Waals surface area contributed by atoms with Gasteiger partial charge in [0, 0.05) is 17.0 Å². The van der Waals surface area contributed by atoms with E-state index < -0.39 is 5.91 Å². The molecule has 0 unspecified atom stereocenters. The number of carbonyl (C=O) groups is 2. The average molecular weight is 332 g/mol. The molecule has 0 fully saturated rings. The zero-order chi connectivity index (χ0) is 16.8. The third-order valence-electron chi connectivity index (χ3n) is 3.20. The van der Waals surface area contributed by atoms with Gasteiger partial charge in [0.1, 0.15) is 5.82 Å². The van der Waals surface area contributed by atoms with E-state index >= 15 is 0 Å². The molecule has 0 bridgehead atoms. The van der Waals surface area contributed by atoms with Gasteiger partial charge in [0.25, 0.3) is 5.91 Å². The zero-order valence-corrected chi connectivity index (χ0v) is 13.5. The first-order chi connectivity index (χ1) is 11.0. The van der Waals surface area contributed by atoms with Crippen LogP contribution >= 0.6 is 11.8 Å². The van der Waals surface area contributed by atoms with Crippen LogP contribution in [0.5, 0.6) is 0 Å². The Morgan fingerprint density at radius 2 is 1.87 bits per heavy atom. The maximum absolute atomic E-state index is 13.6. The number of hydrogen-bond acceptors (Lipinski definition) is 3. The molecule has 3 N–H and O–H groups in total. The molecule has 0 heterocycles. The normalized spacial score (nSPS) is 10.3. The van der Waals surface area contributed by atoms with Gasteiger partial charge < -0.3 is 11.1 Å². The van der Waals surface area contributed by atoms with Gasteiger partial charge in [0.05, 0.1) is 6.42 Å². The smallest absolute Gasteiger partial charge is 0.255 e. The summed E-state index contributed by atoms with van der Waals surface area (Å²) in [5.74, 6) is -0.523. The summed E-state index contributed by atoms with van der Waals surface area (Å²) >= 11 is 1.49.